The van der Waals surface area contributed by atoms with Gasteiger partial charge in [0, 0.05) is 24.6 Å². The van der Waals surface area contributed by atoms with Crippen molar-refractivity contribution in [1.29, 1.82) is 0 Å². The van der Waals surface area contributed by atoms with Gasteiger partial charge in [0.25, 0.3) is 0 Å². The zero-order valence-corrected chi connectivity index (χ0v) is 20.6. The van der Waals surface area contributed by atoms with E-state index in [1.807, 2.05) is 0 Å². The number of hydrogen-bond acceptors (Lipinski definition) is 11. The van der Waals surface area contributed by atoms with Crippen molar-refractivity contribution in [3.05, 3.63) is 54.0 Å². The first kappa shape index (κ1) is 28.4. The molecule has 0 saturated carbocycles. The third kappa shape index (κ3) is 6.17. The fraction of sp³-hybridized carbons (Fsp3) is 0.364. The van der Waals surface area contributed by atoms with Gasteiger partial charge in [0.2, 0.25) is 5.91 Å². The summed E-state index contributed by atoms with van der Waals surface area (Å²) in [6, 6.07) is 5.51. The molecule has 1 aliphatic heterocycles. The van der Waals surface area contributed by atoms with Gasteiger partial charge in [-0.15, -0.1) is 0 Å². The molecular formula is C22H22F3N5O8S. The molecular weight excluding hydrogens is 551 g/mol. The van der Waals surface area contributed by atoms with E-state index in [2.05, 4.69) is 14.2 Å². The summed E-state index contributed by atoms with van der Waals surface area (Å²) in [5.74, 6) is -2.23. The third-order valence-corrected chi connectivity index (χ3v) is 6.77. The van der Waals surface area contributed by atoms with Gasteiger partial charge in [-0.2, -0.15) is 21.6 Å². The third-order valence-electron chi connectivity index (χ3n) is 5.84. The molecule has 3 heterocycles. The van der Waals surface area contributed by atoms with Crippen LogP contribution in [-0.4, -0.2) is 69.8 Å². The van der Waals surface area contributed by atoms with Crippen molar-refractivity contribution in [3.8, 4) is 0 Å². The maximum atomic E-state index is 13.1. The number of alkyl halides is 3. The number of benzene rings is 1. The average molecular weight is 574 g/mol. The molecule has 1 amide bonds. The van der Waals surface area contributed by atoms with Crippen LogP contribution in [-0.2, 0) is 30.2 Å². The van der Waals surface area contributed by atoms with Gasteiger partial charge in [0.05, 0.1) is 24.2 Å². The van der Waals surface area contributed by atoms with Crippen LogP contribution in [0.4, 0.5) is 18.9 Å². The Kier molecular flexibility index (Phi) is 7.89. The number of pyridine rings is 1. The van der Waals surface area contributed by atoms with Crippen LogP contribution in [0.15, 0.2) is 42.9 Å². The highest BCUT2D eigenvalue weighted by atomic mass is 32.2. The molecule has 13 nitrogen and oxygen atoms in total. The molecule has 5 N–H and O–H groups in total. The first-order valence-corrected chi connectivity index (χ1v) is 12.7. The molecule has 4 atom stereocenters. The molecule has 0 aliphatic carbocycles. The summed E-state index contributed by atoms with van der Waals surface area (Å²) in [5.41, 5.74) is 4.86. The lowest BCUT2D eigenvalue weighted by atomic mass is 10.00. The summed E-state index contributed by atoms with van der Waals surface area (Å²) in [7, 11) is -4.78. The number of imidazole rings is 1. The van der Waals surface area contributed by atoms with E-state index in [0.29, 0.717) is 17.3 Å². The van der Waals surface area contributed by atoms with Gasteiger partial charge in [0.1, 0.15) is 23.8 Å². The first-order chi connectivity index (χ1) is 18.3. The highest BCUT2D eigenvalue weighted by Gasteiger charge is 2.45. The summed E-state index contributed by atoms with van der Waals surface area (Å²) in [6.07, 6.45) is -9.32. The highest BCUT2D eigenvalue weighted by molar-refractivity contribution is 7.85. The van der Waals surface area contributed by atoms with Gasteiger partial charge >= 0.3 is 16.5 Å². The smallest absolute Gasteiger partial charge is 0.397 e. The molecule has 0 unspecified atom stereocenters. The quantitative estimate of drug-likeness (QED) is 0.263. The van der Waals surface area contributed by atoms with Gasteiger partial charge in [-0.05, 0) is 12.1 Å². The number of carbonyl (C=O) groups is 2. The molecule has 1 saturated heterocycles. The number of nitrogens with one attached hydrogen (secondary N) is 1. The predicted octanol–water partition coefficient (Wildman–Crippen LogP) is 0.692. The zero-order chi connectivity index (χ0) is 28.5. The van der Waals surface area contributed by atoms with Crippen molar-refractivity contribution in [2.24, 2.45) is 0 Å². The molecule has 0 radical (unpaired) electrons. The second-order valence-electron chi connectivity index (χ2n) is 8.50. The number of aliphatic hydroxyl groups excluding tert-OH is 2. The number of hydrogen-bond donors (Lipinski definition) is 4. The largest absolute Gasteiger partial charge is 0.417 e. The van der Waals surface area contributed by atoms with Crippen LogP contribution in [0.5, 0.6) is 0 Å². The number of carbonyl (C=O) groups excluding carboxylic acids is 2. The molecule has 1 aliphatic rings. The molecule has 1 aromatic carbocycles. The maximum absolute atomic E-state index is 13.1. The van der Waals surface area contributed by atoms with Crippen molar-refractivity contribution in [1.82, 2.24) is 19.3 Å². The molecule has 39 heavy (non-hydrogen) atoms. The number of rotatable bonds is 9. The van der Waals surface area contributed by atoms with Crippen molar-refractivity contribution in [3.63, 3.8) is 0 Å². The summed E-state index contributed by atoms with van der Waals surface area (Å²) < 4.78 is 76.7. The van der Waals surface area contributed by atoms with Gasteiger partial charge in [-0.25, -0.2) is 14.7 Å². The topological polar surface area (TPSA) is 196 Å². The number of amides is 1. The van der Waals surface area contributed by atoms with E-state index >= 15 is 0 Å². The van der Waals surface area contributed by atoms with Crippen LogP contribution >= 0.6 is 0 Å². The number of ketones is 1. The Bertz CT molecular complexity index is 1500. The number of anilines is 1. The van der Waals surface area contributed by atoms with Gasteiger partial charge < -0.3 is 20.7 Å². The lowest BCUT2D eigenvalue weighted by Crippen LogP contribution is -2.37. The van der Waals surface area contributed by atoms with E-state index in [1.54, 1.807) is 0 Å². The summed E-state index contributed by atoms with van der Waals surface area (Å²) >= 11 is 0. The Hall–Kier alpha value is -3.64. The Morgan fingerprint density at radius 2 is 1.85 bits per heavy atom. The van der Waals surface area contributed by atoms with Crippen LogP contribution in [0.1, 0.15) is 35.0 Å². The Morgan fingerprint density at radius 1 is 1.13 bits per heavy atom. The summed E-state index contributed by atoms with van der Waals surface area (Å²) in [6.45, 7) is -0.822. The number of nitrogens with zero attached hydrogens (tertiary/aromatic N) is 3. The molecule has 3 aromatic rings. The zero-order valence-electron chi connectivity index (χ0n) is 19.8. The van der Waals surface area contributed by atoms with Gasteiger partial charge in [-0.3, -0.25) is 18.3 Å². The number of aromatic nitrogens is 3. The van der Waals surface area contributed by atoms with Gasteiger partial charge in [-0.1, -0.05) is 18.2 Å². The van der Waals surface area contributed by atoms with Crippen molar-refractivity contribution < 1.29 is 50.3 Å². The lowest BCUT2D eigenvalue weighted by molar-refractivity contribution is -0.137. The normalized spacial score (nSPS) is 21.8. The predicted molar refractivity (Wildman–Crippen MR) is 126 cm³/mol. The van der Waals surface area contributed by atoms with Crippen molar-refractivity contribution >= 4 is 38.8 Å². The van der Waals surface area contributed by atoms with E-state index in [0.717, 1.165) is 12.1 Å². The number of aliphatic hydroxyl groups is 2. The SMILES string of the molecule is Nc1ccnc2c1ncn2[C@@H]1O[C@H](COS(=O)(=O)NC(=O)CCC(=O)c2ccccc2C(F)(F)F)[C@@H](O)[C@H]1O. The second-order valence-corrected chi connectivity index (χ2v) is 9.85. The summed E-state index contributed by atoms with van der Waals surface area (Å²) in [4.78, 5) is 32.5. The number of ether oxygens (including phenoxy) is 1. The number of halogens is 3. The van der Waals surface area contributed by atoms with E-state index in [1.165, 1.54) is 33.9 Å². The van der Waals surface area contributed by atoms with Gasteiger partial charge in [0.15, 0.2) is 17.7 Å². The first-order valence-electron chi connectivity index (χ1n) is 11.3. The molecule has 1 fully saturated rings. The van der Waals surface area contributed by atoms with Crippen LogP contribution in [0.25, 0.3) is 11.2 Å². The Morgan fingerprint density at radius 3 is 2.56 bits per heavy atom. The minimum atomic E-state index is -4.79. The number of fused-ring (bicyclic) bond motifs is 1. The van der Waals surface area contributed by atoms with Crippen LogP contribution in [0, 0.1) is 0 Å². The van der Waals surface area contributed by atoms with E-state index in [9.17, 15) is 41.4 Å². The Labute approximate surface area is 218 Å². The fourth-order valence-electron chi connectivity index (χ4n) is 3.95. The minimum absolute atomic E-state index is 0.236. The van der Waals surface area contributed by atoms with Crippen LogP contribution in [0.2, 0.25) is 0 Å². The monoisotopic (exact) mass is 573 g/mol. The molecule has 0 spiro atoms. The standard InChI is InChI=1S/C22H22F3N5O8S/c23-22(24,25)12-4-2-1-3-11(12)14(31)5-6-16(32)29-39(35,36)37-9-15-18(33)19(34)21(38-15)30-10-28-17-13(26)7-8-27-20(17)30/h1-4,7-8,10,15,18-19,21,33-34H,5-6,9H2,(H2,26,27)(H,29,32)/t15-,18-,19-,21-/m1/s1. The number of nitrogens with two attached hydrogens (primary N) is 1. The fourth-order valence-corrected chi connectivity index (χ4v) is 4.70. The van der Waals surface area contributed by atoms with E-state index < -0.39 is 83.3 Å². The molecule has 0 bridgehead atoms. The minimum Gasteiger partial charge on any atom is -0.397 e. The average Bonchev–Trinajstić information content (AvgIpc) is 3.42. The molecule has 2 aromatic heterocycles. The highest BCUT2D eigenvalue weighted by Crippen LogP contribution is 2.33. The molecule has 4 rings (SSSR count). The molecule has 17 heteroatoms. The Balaban J connectivity index is 1.32. The number of nitrogen functional groups attached to an aromatic ring is 1. The van der Waals surface area contributed by atoms with Crippen molar-refractivity contribution in [2.75, 3.05) is 12.3 Å². The van der Waals surface area contributed by atoms with E-state index in [-0.39, 0.29) is 5.65 Å². The van der Waals surface area contributed by atoms with Crippen molar-refractivity contribution in [2.45, 2.75) is 43.6 Å². The molecule has 210 valence electrons. The second kappa shape index (κ2) is 10.9. The lowest BCUT2D eigenvalue weighted by Gasteiger charge is -2.16. The van der Waals surface area contributed by atoms with Crippen LogP contribution < -0.4 is 10.5 Å². The maximum Gasteiger partial charge on any atom is 0.417 e. The number of Topliss-reactive ketones (excluding diaryl/α,β-unsaturated/α-hetero) is 1. The van der Waals surface area contributed by atoms with Crippen LogP contribution in [0.3, 0.4) is 0 Å². The summed E-state index contributed by atoms with van der Waals surface area (Å²) in [5, 5.41) is 20.8. The van der Waals surface area contributed by atoms with E-state index in [4.69, 9.17) is 10.5 Å².